The number of ether oxygens (including phenoxy) is 1. The average Bonchev–Trinajstić information content (AvgIpc) is 3.68. The molecule has 4 amide bonds. The molecule has 2 aromatic rings. The van der Waals surface area contributed by atoms with Crippen molar-refractivity contribution in [2.24, 2.45) is 23.5 Å². The fourth-order valence-corrected chi connectivity index (χ4v) is 6.55. The molecule has 4 atom stereocenters. The van der Waals surface area contributed by atoms with Crippen LogP contribution >= 0.6 is 0 Å². The van der Waals surface area contributed by atoms with Crippen molar-refractivity contribution in [2.75, 3.05) is 20.2 Å². The number of H-pyrrole nitrogens is 1. The first kappa shape index (κ1) is 26.1. The number of nitrogens with zero attached hydrogens (tertiary/aromatic N) is 1. The van der Waals surface area contributed by atoms with Crippen LogP contribution in [0.5, 0.6) is 5.75 Å². The standard InChI is InChI=1S/C28H37N5O5/c1-38-24-10-4-9-20-19(24)14-22(31-20)28(37)33-15-18(16-6-2-3-7-16)13-23(33)27(36)32-21(25(29)34)12-17-8-5-11-30-26(17)35/h4,9-10,14,16-18,21,23,31H,2-3,5-8,11-13,15H2,1H3,(H2,29,34)(H,30,35)(H,32,36)/t17-,18?,21-,23?/m0/s1. The molecule has 2 unspecified atom stereocenters. The number of aromatic amines is 1. The number of carbonyl (C=O) groups is 4. The molecule has 38 heavy (non-hydrogen) atoms. The maximum atomic E-state index is 13.8. The van der Waals surface area contributed by atoms with Crippen LogP contribution in [-0.4, -0.2) is 65.8 Å². The Hall–Kier alpha value is -3.56. The zero-order chi connectivity index (χ0) is 26.8. The third kappa shape index (κ3) is 5.21. The number of benzene rings is 1. The minimum absolute atomic E-state index is 0.120. The van der Waals surface area contributed by atoms with Crippen molar-refractivity contribution in [3.8, 4) is 5.75 Å². The van der Waals surface area contributed by atoms with Crippen LogP contribution in [0.2, 0.25) is 0 Å². The van der Waals surface area contributed by atoms with Crippen LogP contribution in [0.25, 0.3) is 10.9 Å². The van der Waals surface area contributed by atoms with Gasteiger partial charge in [-0.3, -0.25) is 19.2 Å². The summed E-state index contributed by atoms with van der Waals surface area (Å²) in [6.07, 6.45) is 6.70. The van der Waals surface area contributed by atoms with Crippen LogP contribution in [0.15, 0.2) is 24.3 Å². The van der Waals surface area contributed by atoms with Crippen LogP contribution in [0.4, 0.5) is 0 Å². The van der Waals surface area contributed by atoms with Crippen molar-refractivity contribution in [1.29, 1.82) is 0 Å². The van der Waals surface area contributed by atoms with Gasteiger partial charge in [0.15, 0.2) is 0 Å². The van der Waals surface area contributed by atoms with Crippen molar-refractivity contribution < 1.29 is 23.9 Å². The number of fused-ring (bicyclic) bond motifs is 1. The maximum absolute atomic E-state index is 13.8. The van der Waals surface area contributed by atoms with E-state index < -0.39 is 23.9 Å². The van der Waals surface area contributed by atoms with E-state index in [2.05, 4.69) is 15.6 Å². The van der Waals surface area contributed by atoms with Gasteiger partial charge in [0.2, 0.25) is 17.7 Å². The predicted molar refractivity (Wildman–Crippen MR) is 141 cm³/mol. The van der Waals surface area contributed by atoms with Gasteiger partial charge in [-0.15, -0.1) is 0 Å². The molecule has 0 spiro atoms. The van der Waals surface area contributed by atoms with E-state index in [0.717, 1.165) is 30.2 Å². The fraction of sp³-hybridized carbons (Fsp3) is 0.571. The van der Waals surface area contributed by atoms with Crippen molar-refractivity contribution in [2.45, 2.75) is 63.5 Å². The number of aromatic nitrogens is 1. The molecule has 10 nitrogen and oxygen atoms in total. The first-order valence-corrected chi connectivity index (χ1v) is 13.7. The summed E-state index contributed by atoms with van der Waals surface area (Å²) in [6.45, 7) is 1.10. The minimum atomic E-state index is -0.976. The number of hydrogen-bond acceptors (Lipinski definition) is 5. The second kappa shape index (κ2) is 11.0. The lowest BCUT2D eigenvalue weighted by molar-refractivity contribution is -0.132. The Labute approximate surface area is 222 Å². The molecule has 0 radical (unpaired) electrons. The smallest absolute Gasteiger partial charge is 0.270 e. The Morgan fingerprint density at radius 1 is 1.16 bits per heavy atom. The van der Waals surface area contributed by atoms with Crippen molar-refractivity contribution in [1.82, 2.24) is 20.5 Å². The van der Waals surface area contributed by atoms with Gasteiger partial charge in [0, 0.05) is 29.9 Å². The Bertz CT molecular complexity index is 1220. The summed E-state index contributed by atoms with van der Waals surface area (Å²) in [5, 5.41) is 6.41. The van der Waals surface area contributed by atoms with Crippen LogP contribution < -0.4 is 21.1 Å². The monoisotopic (exact) mass is 523 g/mol. The highest BCUT2D eigenvalue weighted by molar-refractivity contribution is 6.02. The molecule has 5 rings (SSSR count). The molecule has 1 aromatic heterocycles. The van der Waals surface area contributed by atoms with E-state index in [4.69, 9.17) is 10.5 Å². The largest absolute Gasteiger partial charge is 0.496 e. The van der Waals surface area contributed by atoms with Gasteiger partial charge in [-0.25, -0.2) is 0 Å². The number of amides is 4. The lowest BCUT2D eigenvalue weighted by atomic mass is 9.88. The highest BCUT2D eigenvalue weighted by Crippen LogP contribution is 2.39. The normalized spacial score (nSPS) is 24.8. The second-order valence-electron chi connectivity index (χ2n) is 10.9. The van der Waals surface area contributed by atoms with Gasteiger partial charge in [-0.05, 0) is 55.7 Å². The van der Waals surface area contributed by atoms with Gasteiger partial charge in [0.25, 0.3) is 5.91 Å². The molecule has 5 N–H and O–H groups in total. The Morgan fingerprint density at radius 3 is 2.66 bits per heavy atom. The summed E-state index contributed by atoms with van der Waals surface area (Å²) in [5.74, 6) is -0.480. The summed E-state index contributed by atoms with van der Waals surface area (Å²) >= 11 is 0. The quantitative estimate of drug-likeness (QED) is 0.418. The Balaban J connectivity index is 1.37. The molecular formula is C28H37N5O5. The van der Waals surface area contributed by atoms with Crippen LogP contribution in [-0.2, 0) is 14.4 Å². The predicted octanol–water partition coefficient (Wildman–Crippen LogP) is 2.08. The third-order valence-corrected chi connectivity index (χ3v) is 8.62. The number of methoxy groups -OCH3 is 1. The molecular weight excluding hydrogens is 486 g/mol. The highest BCUT2D eigenvalue weighted by atomic mass is 16.5. The van der Waals surface area contributed by atoms with E-state index in [1.165, 1.54) is 12.8 Å². The second-order valence-corrected chi connectivity index (χ2v) is 10.9. The maximum Gasteiger partial charge on any atom is 0.270 e. The molecule has 2 aliphatic heterocycles. The van der Waals surface area contributed by atoms with E-state index >= 15 is 0 Å². The third-order valence-electron chi connectivity index (χ3n) is 8.62. The topological polar surface area (TPSA) is 147 Å². The molecule has 204 valence electrons. The van der Waals surface area contributed by atoms with Gasteiger partial charge >= 0.3 is 0 Å². The van der Waals surface area contributed by atoms with Crippen LogP contribution in [0.1, 0.15) is 61.9 Å². The lowest BCUT2D eigenvalue weighted by Gasteiger charge is -2.28. The highest BCUT2D eigenvalue weighted by Gasteiger charge is 2.44. The summed E-state index contributed by atoms with van der Waals surface area (Å²) in [7, 11) is 1.59. The summed E-state index contributed by atoms with van der Waals surface area (Å²) in [6, 6.07) is 5.64. The Kier molecular flexibility index (Phi) is 7.58. The molecule has 3 fully saturated rings. The van der Waals surface area contributed by atoms with Gasteiger partial charge in [-0.1, -0.05) is 31.7 Å². The zero-order valence-corrected chi connectivity index (χ0v) is 21.8. The number of rotatable bonds is 8. The Morgan fingerprint density at radius 2 is 1.95 bits per heavy atom. The van der Waals surface area contributed by atoms with Crippen LogP contribution in [0.3, 0.4) is 0 Å². The summed E-state index contributed by atoms with van der Waals surface area (Å²) < 4.78 is 5.44. The number of nitrogens with two attached hydrogens (primary N) is 1. The zero-order valence-electron chi connectivity index (χ0n) is 21.8. The fourth-order valence-electron chi connectivity index (χ4n) is 6.55. The van der Waals surface area contributed by atoms with Crippen molar-refractivity contribution in [3.63, 3.8) is 0 Å². The molecule has 1 aromatic carbocycles. The minimum Gasteiger partial charge on any atom is -0.496 e. The van der Waals surface area contributed by atoms with Gasteiger partial charge in [0.05, 0.1) is 7.11 Å². The number of carbonyl (C=O) groups excluding carboxylic acids is 4. The molecule has 3 aliphatic rings. The SMILES string of the molecule is COc1cccc2[nH]c(C(=O)N3CC(C4CCCC4)CC3C(=O)N[C@@H](C[C@@H]3CCCNC3=O)C(N)=O)cc12. The van der Waals surface area contributed by atoms with Crippen molar-refractivity contribution in [3.05, 3.63) is 30.0 Å². The van der Waals surface area contributed by atoms with E-state index in [9.17, 15) is 19.2 Å². The number of primary amides is 1. The molecule has 3 heterocycles. The van der Waals surface area contributed by atoms with Gasteiger partial charge < -0.3 is 31.0 Å². The summed E-state index contributed by atoms with van der Waals surface area (Å²) in [5.41, 5.74) is 6.81. The van der Waals surface area contributed by atoms with E-state index in [0.29, 0.717) is 43.3 Å². The average molecular weight is 524 g/mol. The summed E-state index contributed by atoms with van der Waals surface area (Å²) in [4.78, 5) is 56.8. The van der Waals surface area contributed by atoms with Gasteiger partial charge in [0.1, 0.15) is 23.5 Å². The molecule has 1 aliphatic carbocycles. The molecule has 1 saturated carbocycles. The van der Waals surface area contributed by atoms with E-state index in [1.54, 1.807) is 18.1 Å². The lowest BCUT2D eigenvalue weighted by Crippen LogP contribution is -2.53. The van der Waals surface area contributed by atoms with E-state index in [-0.39, 0.29) is 30.1 Å². The number of hydrogen-bond donors (Lipinski definition) is 4. The van der Waals surface area contributed by atoms with Crippen molar-refractivity contribution >= 4 is 34.5 Å². The number of likely N-dealkylation sites (tertiary alicyclic amines) is 1. The molecule has 2 saturated heterocycles. The van der Waals surface area contributed by atoms with Gasteiger partial charge in [-0.2, -0.15) is 0 Å². The molecule has 10 heteroatoms. The van der Waals surface area contributed by atoms with E-state index in [1.807, 2.05) is 18.2 Å². The molecule has 0 bridgehead atoms. The van der Waals surface area contributed by atoms with Crippen LogP contribution in [0, 0.1) is 17.8 Å². The first-order chi connectivity index (χ1) is 18.4. The number of nitrogens with one attached hydrogen (secondary N) is 3. The number of piperidine rings is 1. The first-order valence-electron chi connectivity index (χ1n) is 13.7.